The second-order valence-corrected chi connectivity index (χ2v) is 6.28. The fourth-order valence-electron chi connectivity index (χ4n) is 3.00. The fraction of sp³-hybridized carbons (Fsp3) is 0.588. The van der Waals surface area contributed by atoms with Gasteiger partial charge in [0, 0.05) is 38.9 Å². The summed E-state index contributed by atoms with van der Waals surface area (Å²) in [5, 5.41) is 8.99. The highest BCUT2D eigenvalue weighted by Gasteiger charge is 2.33. The van der Waals surface area contributed by atoms with Crippen LogP contribution in [0.25, 0.3) is 0 Å². The van der Waals surface area contributed by atoms with E-state index in [1.54, 1.807) is 6.07 Å². The third-order valence-corrected chi connectivity index (χ3v) is 4.12. The molecule has 1 saturated heterocycles. The van der Waals surface area contributed by atoms with Crippen molar-refractivity contribution in [2.24, 2.45) is 0 Å². The van der Waals surface area contributed by atoms with Crippen LogP contribution in [-0.4, -0.2) is 50.3 Å². The number of nitriles is 1. The van der Waals surface area contributed by atoms with E-state index < -0.39 is 11.7 Å². The second kappa shape index (κ2) is 7.41. The summed E-state index contributed by atoms with van der Waals surface area (Å²) in [5.74, 6) is 0. The number of ether oxygens (including phenoxy) is 1. The number of rotatable bonds is 4. The highest BCUT2D eigenvalue weighted by Crippen LogP contribution is 2.33. The van der Waals surface area contributed by atoms with Crippen LogP contribution in [0.2, 0.25) is 0 Å². The molecule has 0 radical (unpaired) electrons. The van der Waals surface area contributed by atoms with Crippen LogP contribution in [0.4, 0.5) is 18.9 Å². The van der Waals surface area contributed by atoms with Crippen molar-refractivity contribution in [2.75, 3.05) is 38.1 Å². The molecule has 1 heterocycles. The molecule has 0 N–H and O–H groups in total. The number of hydrogen-bond donors (Lipinski definition) is 0. The lowest BCUT2D eigenvalue weighted by atomic mass is 10.1. The van der Waals surface area contributed by atoms with E-state index in [1.165, 1.54) is 12.1 Å². The summed E-state index contributed by atoms with van der Waals surface area (Å²) in [6.07, 6.45) is -4.16. The van der Waals surface area contributed by atoms with Gasteiger partial charge in [-0.1, -0.05) is 0 Å². The zero-order valence-corrected chi connectivity index (χ0v) is 14.1. The number of nitrogens with zero attached hydrogens (tertiary/aromatic N) is 3. The van der Waals surface area contributed by atoms with Crippen LogP contribution >= 0.6 is 0 Å². The van der Waals surface area contributed by atoms with Gasteiger partial charge in [-0.15, -0.1) is 0 Å². The molecule has 1 aromatic rings. The van der Waals surface area contributed by atoms with Crippen molar-refractivity contribution in [3.63, 3.8) is 0 Å². The molecule has 0 bridgehead atoms. The number of hydrogen-bond acceptors (Lipinski definition) is 4. The Morgan fingerprint density at radius 3 is 2.46 bits per heavy atom. The van der Waals surface area contributed by atoms with Gasteiger partial charge < -0.3 is 9.64 Å². The molecule has 7 heteroatoms. The molecule has 2 rings (SSSR count). The average Bonchev–Trinajstić information content (AvgIpc) is 2.50. The van der Waals surface area contributed by atoms with Crippen LogP contribution in [0.1, 0.15) is 25.0 Å². The van der Waals surface area contributed by atoms with Crippen molar-refractivity contribution in [2.45, 2.75) is 32.2 Å². The lowest BCUT2D eigenvalue weighted by Crippen LogP contribution is -2.47. The zero-order chi connectivity index (χ0) is 17.9. The van der Waals surface area contributed by atoms with Crippen molar-refractivity contribution < 1.29 is 17.9 Å². The van der Waals surface area contributed by atoms with Gasteiger partial charge in [-0.05, 0) is 32.0 Å². The Labute approximate surface area is 140 Å². The van der Waals surface area contributed by atoms with Crippen LogP contribution in [0.15, 0.2) is 18.2 Å². The van der Waals surface area contributed by atoms with Gasteiger partial charge in [0.1, 0.15) is 0 Å². The van der Waals surface area contributed by atoms with Gasteiger partial charge in [-0.25, -0.2) is 0 Å². The number of halogens is 3. The van der Waals surface area contributed by atoms with Crippen molar-refractivity contribution in [1.29, 1.82) is 5.26 Å². The Hall–Kier alpha value is -1.78. The van der Waals surface area contributed by atoms with Gasteiger partial charge in [0.15, 0.2) is 0 Å². The molecule has 2 atom stereocenters. The summed E-state index contributed by atoms with van der Waals surface area (Å²) >= 11 is 0. The van der Waals surface area contributed by atoms with Crippen LogP contribution in [0.5, 0.6) is 0 Å². The van der Waals surface area contributed by atoms with Crippen LogP contribution in [0, 0.1) is 11.3 Å². The summed E-state index contributed by atoms with van der Waals surface area (Å²) in [6, 6.07) is 5.33. The topological polar surface area (TPSA) is 39.5 Å². The molecule has 1 aliphatic rings. The smallest absolute Gasteiger partial charge is 0.373 e. The fourth-order valence-corrected chi connectivity index (χ4v) is 3.00. The molecule has 0 unspecified atom stereocenters. The number of alkyl halides is 3. The lowest BCUT2D eigenvalue weighted by molar-refractivity contribution is -0.137. The lowest BCUT2D eigenvalue weighted by Gasteiger charge is -2.36. The Bertz CT molecular complexity index is 602. The Kier molecular flexibility index (Phi) is 5.73. The molecule has 0 aromatic heterocycles. The first-order valence-electron chi connectivity index (χ1n) is 7.91. The maximum Gasteiger partial charge on any atom is 0.417 e. The first-order valence-corrected chi connectivity index (χ1v) is 7.91. The third kappa shape index (κ3) is 4.62. The standard InChI is InChI=1S/C17H22F3N3O/c1-12-10-23(11-13(2)24-12)7-6-22(3)15-4-5-16(17(18,19)20)14(8-15)9-21/h4-5,8,12-13H,6-7,10-11H2,1-3H3/t12-,13+. The van der Waals surface area contributed by atoms with E-state index in [-0.39, 0.29) is 17.8 Å². The molecule has 132 valence electrons. The number of likely N-dealkylation sites (N-methyl/N-ethyl adjacent to an activating group) is 1. The molecule has 0 aliphatic carbocycles. The van der Waals surface area contributed by atoms with Crippen LogP contribution < -0.4 is 4.90 Å². The molecule has 1 aromatic carbocycles. The van der Waals surface area contributed by atoms with Gasteiger partial charge >= 0.3 is 6.18 Å². The maximum atomic E-state index is 12.8. The number of morpholine rings is 1. The monoisotopic (exact) mass is 341 g/mol. The van der Waals surface area contributed by atoms with E-state index >= 15 is 0 Å². The van der Waals surface area contributed by atoms with Crippen LogP contribution in [-0.2, 0) is 10.9 Å². The van der Waals surface area contributed by atoms with Gasteiger partial charge in [0.25, 0.3) is 0 Å². The Morgan fingerprint density at radius 2 is 1.92 bits per heavy atom. The van der Waals surface area contributed by atoms with E-state index in [1.807, 2.05) is 25.8 Å². The largest absolute Gasteiger partial charge is 0.417 e. The minimum Gasteiger partial charge on any atom is -0.373 e. The van der Waals surface area contributed by atoms with Crippen LogP contribution in [0.3, 0.4) is 0 Å². The summed E-state index contributed by atoms with van der Waals surface area (Å²) in [6.45, 7) is 7.19. The van der Waals surface area contributed by atoms with E-state index in [0.29, 0.717) is 12.2 Å². The van der Waals surface area contributed by atoms with Crippen molar-refractivity contribution >= 4 is 5.69 Å². The quantitative estimate of drug-likeness (QED) is 0.844. The van der Waals surface area contributed by atoms with Gasteiger partial charge in [0.05, 0.1) is 29.4 Å². The van der Waals surface area contributed by atoms with E-state index in [4.69, 9.17) is 10.00 Å². The number of benzene rings is 1. The molecule has 24 heavy (non-hydrogen) atoms. The van der Waals surface area contributed by atoms with Gasteiger partial charge in [-0.3, -0.25) is 4.90 Å². The van der Waals surface area contributed by atoms with E-state index in [2.05, 4.69) is 4.90 Å². The summed E-state index contributed by atoms with van der Waals surface area (Å²) in [7, 11) is 1.82. The Morgan fingerprint density at radius 1 is 1.29 bits per heavy atom. The minimum absolute atomic E-state index is 0.176. The van der Waals surface area contributed by atoms with Gasteiger partial charge in [-0.2, -0.15) is 18.4 Å². The van der Waals surface area contributed by atoms with Crippen molar-refractivity contribution in [3.8, 4) is 6.07 Å². The molecule has 1 fully saturated rings. The normalized spacial score (nSPS) is 22.2. The van der Waals surface area contributed by atoms with Crippen molar-refractivity contribution in [1.82, 2.24) is 4.90 Å². The SMILES string of the molecule is C[C@@H]1CN(CCN(C)c2ccc(C(F)(F)F)c(C#N)c2)C[C@H](C)O1. The second-order valence-electron chi connectivity index (χ2n) is 6.28. The zero-order valence-electron chi connectivity index (χ0n) is 14.1. The van der Waals surface area contributed by atoms with E-state index in [0.717, 1.165) is 25.7 Å². The van der Waals surface area contributed by atoms with E-state index in [9.17, 15) is 13.2 Å². The predicted molar refractivity (Wildman–Crippen MR) is 85.9 cm³/mol. The highest BCUT2D eigenvalue weighted by molar-refractivity contribution is 5.55. The maximum absolute atomic E-state index is 12.8. The molecular weight excluding hydrogens is 319 g/mol. The van der Waals surface area contributed by atoms with Crippen molar-refractivity contribution in [3.05, 3.63) is 29.3 Å². The third-order valence-electron chi connectivity index (χ3n) is 4.12. The minimum atomic E-state index is -4.51. The summed E-state index contributed by atoms with van der Waals surface area (Å²) in [5.41, 5.74) is -0.632. The molecular formula is C17H22F3N3O. The predicted octanol–water partition coefficient (Wildman–Crippen LogP) is 3.12. The molecule has 1 aliphatic heterocycles. The molecule has 0 spiro atoms. The highest BCUT2D eigenvalue weighted by atomic mass is 19.4. The first kappa shape index (κ1) is 18.6. The summed E-state index contributed by atoms with van der Waals surface area (Å²) in [4.78, 5) is 4.15. The molecule has 0 saturated carbocycles. The first-order chi connectivity index (χ1) is 11.2. The molecule has 0 amide bonds. The number of anilines is 1. The summed E-state index contributed by atoms with van der Waals surface area (Å²) < 4.78 is 44.2. The van der Waals surface area contributed by atoms with Gasteiger partial charge in [0.2, 0.25) is 0 Å². The molecule has 4 nitrogen and oxygen atoms in total. The average molecular weight is 341 g/mol. The Balaban J connectivity index is 2.02.